The Morgan fingerprint density at radius 3 is 2.24 bits per heavy atom. The van der Waals surface area contributed by atoms with Crippen LogP contribution in [0.25, 0.3) is 0 Å². The molecule has 2 heterocycles. The van der Waals surface area contributed by atoms with E-state index in [9.17, 15) is 4.79 Å². The average molecular weight is 230 g/mol. The van der Waals surface area contributed by atoms with Gasteiger partial charge in [0.15, 0.2) is 0 Å². The lowest BCUT2D eigenvalue weighted by molar-refractivity contribution is 0.0776. The van der Waals surface area contributed by atoms with Crippen LogP contribution < -0.4 is 0 Å². The van der Waals surface area contributed by atoms with E-state index in [-0.39, 0.29) is 5.91 Å². The zero-order valence-electron chi connectivity index (χ0n) is 10.2. The highest BCUT2D eigenvalue weighted by atomic mass is 16.2. The summed E-state index contributed by atoms with van der Waals surface area (Å²) in [4.78, 5) is 16.7. The summed E-state index contributed by atoms with van der Waals surface area (Å²) in [5.74, 6) is 1.57. The highest BCUT2D eigenvalue weighted by Gasteiger charge is 2.40. The molecule has 1 aromatic rings. The van der Waals surface area contributed by atoms with Crippen LogP contribution in [0.4, 0.5) is 0 Å². The van der Waals surface area contributed by atoms with Crippen molar-refractivity contribution >= 4 is 5.91 Å². The lowest BCUT2D eigenvalue weighted by Crippen LogP contribution is -2.32. The summed E-state index contributed by atoms with van der Waals surface area (Å²) in [5.41, 5.74) is 0.820. The van der Waals surface area contributed by atoms with Crippen molar-refractivity contribution in [2.75, 3.05) is 33.2 Å². The molecule has 2 aliphatic rings. The van der Waals surface area contributed by atoms with Gasteiger partial charge in [0.1, 0.15) is 0 Å². The molecule has 17 heavy (non-hydrogen) atoms. The number of hydrogen-bond donors (Lipinski definition) is 0. The Hall–Kier alpha value is -1.35. The number of carbonyl (C=O) groups excluding carboxylic acids is 1. The maximum atomic E-state index is 12.3. The van der Waals surface area contributed by atoms with Gasteiger partial charge in [-0.25, -0.2) is 0 Å². The van der Waals surface area contributed by atoms with Crippen molar-refractivity contribution in [3.8, 4) is 0 Å². The zero-order valence-corrected chi connectivity index (χ0v) is 10.2. The van der Waals surface area contributed by atoms with Crippen LogP contribution in [0, 0.1) is 11.8 Å². The Kier molecular flexibility index (Phi) is 2.63. The first-order valence-electron chi connectivity index (χ1n) is 6.27. The number of hydrogen-bond acceptors (Lipinski definition) is 2. The minimum atomic E-state index is 0.197. The fraction of sp³-hybridized carbons (Fsp3) is 0.500. The van der Waals surface area contributed by atoms with E-state index < -0.39 is 0 Å². The average Bonchev–Trinajstić information content (AvgIpc) is 2.86. The zero-order chi connectivity index (χ0) is 11.8. The van der Waals surface area contributed by atoms with Gasteiger partial charge in [-0.05, 0) is 31.0 Å². The van der Waals surface area contributed by atoms with Crippen molar-refractivity contribution in [1.29, 1.82) is 0 Å². The Balaban J connectivity index is 1.70. The molecule has 3 rings (SSSR count). The second-order valence-electron chi connectivity index (χ2n) is 5.32. The van der Waals surface area contributed by atoms with Crippen LogP contribution in [0.5, 0.6) is 0 Å². The summed E-state index contributed by atoms with van der Waals surface area (Å²) in [6.45, 7) is 4.15. The summed E-state index contributed by atoms with van der Waals surface area (Å²) in [6.07, 6.45) is 0. The molecule has 3 heteroatoms. The van der Waals surface area contributed by atoms with E-state index in [1.807, 2.05) is 35.2 Å². The van der Waals surface area contributed by atoms with Crippen LogP contribution in [-0.2, 0) is 0 Å². The van der Waals surface area contributed by atoms with Gasteiger partial charge < -0.3 is 9.80 Å². The van der Waals surface area contributed by atoms with Gasteiger partial charge in [0, 0.05) is 31.7 Å². The van der Waals surface area contributed by atoms with E-state index >= 15 is 0 Å². The summed E-state index contributed by atoms with van der Waals surface area (Å²) >= 11 is 0. The summed E-state index contributed by atoms with van der Waals surface area (Å²) in [7, 11) is 2.17. The molecule has 2 atom stereocenters. The standard InChI is InChI=1S/C14H18N2O/c1-15-7-12-9-16(10-13(12)8-15)14(17)11-5-3-2-4-6-11/h2-6,12-13H,7-10H2,1H3/t12-,13-/m0/s1. The fourth-order valence-electron chi connectivity index (χ4n) is 3.16. The molecule has 0 unspecified atom stereocenters. The molecule has 0 aromatic heterocycles. The normalized spacial score (nSPS) is 28.4. The molecule has 3 nitrogen and oxygen atoms in total. The maximum absolute atomic E-state index is 12.3. The number of amides is 1. The summed E-state index contributed by atoms with van der Waals surface area (Å²) in [6, 6.07) is 9.62. The van der Waals surface area contributed by atoms with Crippen molar-refractivity contribution in [2.24, 2.45) is 11.8 Å². The fourth-order valence-corrected chi connectivity index (χ4v) is 3.16. The largest absolute Gasteiger partial charge is 0.338 e. The highest BCUT2D eigenvalue weighted by Crippen LogP contribution is 2.30. The third-order valence-electron chi connectivity index (χ3n) is 3.98. The Morgan fingerprint density at radius 1 is 1.06 bits per heavy atom. The van der Waals surface area contributed by atoms with Crippen molar-refractivity contribution in [3.63, 3.8) is 0 Å². The van der Waals surface area contributed by atoms with Crippen LogP contribution in [-0.4, -0.2) is 48.9 Å². The van der Waals surface area contributed by atoms with Crippen molar-refractivity contribution in [3.05, 3.63) is 35.9 Å². The molecular weight excluding hydrogens is 212 g/mol. The van der Waals surface area contributed by atoms with E-state index in [0.29, 0.717) is 11.8 Å². The van der Waals surface area contributed by atoms with Crippen molar-refractivity contribution in [2.45, 2.75) is 0 Å². The van der Waals surface area contributed by atoms with Gasteiger partial charge in [-0.1, -0.05) is 18.2 Å². The van der Waals surface area contributed by atoms with Crippen LogP contribution in [0.1, 0.15) is 10.4 Å². The monoisotopic (exact) mass is 230 g/mol. The Morgan fingerprint density at radius 2 is 1.65 bits per heavy atom. The molecule has 90 valence electrons. The van der Waals surface area contributed by atoms with E-state index in [4.69, 9.17) is 0 Å². The third kappa shape index (κ3) is 1.95. The first-order valence-corrected chi connectivity index (χ1v) is 6.27. The van der Waals surface area contributed by atoms with Gasteiger partial charge >= 0.3 is 0 Å². The summed E-state index contributed by atoms with van der Waals surface area (Å²) in [5, 5.41) is 0. The van der Waals surface area contributed by atoms with Crippen LogP contribution in [0.2, 0.25) is 0 Å². The van der Waals surface area contributed by atoms with E-state index in [1.165, 1.54) is 0 Å². The minimum Gasteiger partial charge on any atom is -0.338 e. The molecule has 0 spiro atoms. The van der Waals surface area contributed by atoms with E-state index in [1.54, 1.807) is 0 Å². The first-order chi connectivity index (χ1) is 8.24. The van der Waals surface area contributed by atoms with E-state index in [0.717, 1.165) is 31.7 Å². The number of nitrogens with zero attached hydrogens (tertiary/aromatic N) is 2. The van der Waals surface area contributed by atoms with Crippen molar-refractivity contribution in [1.82, 2.24) is 9.80 Å². The smallest absolute Gasteiger partial charge is 0.253 e. The maximum Gasteiger partial charge on any atom is 0.253 e. The van der Waals surface area contributed by atoms with Gasteiger partial charge in [0.25, 0.3) is 5.91 Å². The highest BCUT2D eigenvalue weighted by molar-refractivity contribution is 5.94. The molecule has 2 aliphatic heterocycles. The quantitative estimate of drug-likeness (QED) is 0.726. The lowest BCUT2D eigenvalue weighted by atomic mass is 10.0. The summed E-state index contributed by atoms with van der Waals surface area (Å²) < 4.78 is 0. The molecule has 0 bridgehead atoms. The lowest BCUT2D eigenvalue weighted by Gasteiger charge is -2.19. The molecule has 0 N–H and O–H groups in total. The molecule has 0 saturated carbocycles. The first kappa shape index (κ1) is 10.8. The van der Waals surface area contributed by atoms with Gasteiger partial charge in [-0.3, -0.25) is 4.79 Å². The number of likely N-dealkylation sites (tertiary alicyclic amines) is 2. The van der Waals surface area contributed by atoms with Gasteiger partial charge in [-0.2, -0.15) is 0 Å². The number of carbonyl (C=O) groups is 1. The van der Waals surface area contributed by atoms with Crippen LogP contribution in [0.3, 0.4) is 0 Å². The number of benzene rings is 1. The molecule has 1 amide bonds. The SMILES string of the molecule is CN1C[C@H]2CN(C(=O)c3ccccc3)C[C@@H]2C1. The Bertz CT molecular complexity index is 403. The molecule has 0 radical (unpaired) electrons. The molecule has 2 fully saturated rings. The van der Waals surface area contributed by atoms with Gasteiger partial charge in [0.2, 0.25) is 0 Å². The number of fused-ring (bicyclic) bond motifs is 1. The van der Waals surface area contributed by atoms with Crippen LogP contribution >= 0.6 is 0 Å². The van der Waals surface area contributed by atoms with E-state index in [2.05, 4.69) is 11.9 Å². The molecule has 1 aromatic carbocycles. The van der Waals surface area contributed by atoms with Gasteiger partial charge in [-0.15, -0.1) is 0 Å². The molecular formula is C14H18N2O. The number of rotatable bonds is 1. The third-order valence-corrected chi connectivity index (χ3v) is 3.98. The predicted octanol–water partition coefficient (Wildman–Crippen LogP) is 1.32. The molecule has 2 saturated heterocycles. The van der Waals surface area contributed by atoms with Crippen molar-refractivity contribution < 1.29 is 4.79 Å². The predicted molar refractivity (Wildman–Crippen MR) is 66.8 cm³/mol. The molecule has 0 aliphatic carbocycles. The van der Waals surface area contributed by atoms with Gasteiger partial charge in [0.05, 0.1) is 0 Å². The topological polar surface area (TPSA) is 23.6 Å². The van der Waals surface area contributed by atoms with Crippen LogP contribution in [0.15, 0.2) is 30.3 Å². The minimum absolute atomic E-state index is 0.197. The second-order valence-corrected chi connectivity index (χ2v) is 5.32. The Labute approximate surface area is 102 Å². The second kappa shape index (κ2) is 4.15.